The molecule has 1 amide bonds. The van der Waals surface area contributed by atoms with Crippen molar-refractivity contribution in [1.82, 2.24) is 14.5 Å². The van der Waals surface area contributed by atoms with E-state index in [1.165, 1.54) is 12.4 Å². The number of halogens is 4. The Morgan fingerprint density at radius 1 is 1.39 bits per heavy atom. The number of H-pyrrole nitrogens is 1. The monoisotopic (exact) mass is 484 g/mol. The first-order valence-electron chi connectivity index (χ1n) is 9.14. The van der Waals surface area contributed by atoms with Crippen molar-refractivity contribution in [3.63, 3.8) is 0 Å². The molecule has 14 heteroatoms. The van der Waals surface area contributed by atoms with Crippen LogP contribution in [0.15, 0.2) is 33.2 Å². The molecule has 0 spiro atoms. The van der Waals surface area contributed by atoms with Gasteiger partial charge in [0.15, 0.2) is 5.13 Å². The minimum atomic E-state index is -4.88. The largest absolute Gasteiger partial charge is 0.419 e. The lowest BCUT2D eigenvalue weighted by atomic mass is 9.98. The summed E-state index contributed by atoms with van der Waals surface area (Å²) in [4.78, 5) is 42.3. The van der Waals surface area contributed by atoms with E-state index in [0.717, 1.165) is 28.2 Å². The number of rotatable bonds is 6. The lowest BCUT2D eigenvalue weighted by Gasteiger charge is -2.14. The summed E-state index contributed by atoms with van der Waals surface area (Å²) in [7, 11) is 1.31. The number of hydrogen-bond acceptors (Lipinski definition) is 7. The highest BCUT2D eigenvalue weighted by molar-refractivity contribution is 7.14. The Kier molecular flexibility index (Phi) is 6.48. The van der Waals surface area contributed by atoms with Crippen molar-refractivity contribution in [2.24, 2.45) is 7.05 Å². The number of carbonyl (C=O) groups is 1. The van der Waals surface area contributed by atoms with E-state index in [1.807, 2.05) is 4.98 Å². The number of alkyl halides is 3. The van der Waals surface area contributed by atoms with Crippen LogP contribution in [0.3, 0.4) is 0 Å². The highest BCUT2D eigenvalue weighted by Crippen LogP contribution is 2.35. The van der Waals surface area contributed by atoms with E-state index in [1.54, 1.807) is 0 Å². The molecule has 0 saturated heterocycles. The van der Waals surface area contributed by atoms with Gasteiger partial charge in [-0.3, -0.25) is 19.1 Å². The number of nitrogens with one attached hydrogen (secondary N) is 3. The predicted octanol–water partition coefficient (Wildman–Crippen LogP) is 2.70. The van der Waals surface area contributed by atoms with Gasteiger partial charge in [0, 0.05) is 36.5 Å². The van der Waals surface area contributed by atoms with E-state index in [2.05, 4.69) is 10.3 Å². The quantitative estimate of drug-likeness (QED) is 0.314. The second kappa shape index (κ2) is 8.97. The highest BCUT2D eigenvalue weighted by Gasteiger charge is 2.34. The van der Waals surface area contributed by atoms with Crippen LogP contribution in [0.4, 0.5) is 28.5 Å². The van der Waals surface area contributed by atoms with Crippen molar-refractivity contribution in [2.75, 3.05) is 11.1 Å². The SMILES string of the molecule is Cn1c(N)c(C(C=N)CC(=O)Nc2nc(-c3ccc(F)c(C(F)(F)F)c3)cs2)c(=O)[nH]c1=O. The second-order valence-corrected chi connectivity index (χ2v) is 7.73. The summed E-state index contributed by atoms with van der Waals surface area (Å²) in [5.74, 6) is -3.32. The van der Waals surface area contributed by atoms with Crippen LogP contribution in [-0.2, 0) is 18.0 Å². The molecule has 0 aliphatic rings. The molecule has 33 heavy (non-hydrogen) atoms. The van der Waals surface area contributed by atoms with Gasteiger partial charge in [-0.25, -0.2) is 14.2 Å². The van der Waals surface area contributed by atoms with Crippen LogP contribution >= 0.6 is 11.3 Å². The molecule has 0 saturated carbocycles. The molecule has 9 nitrogen and oxygen atoms in total. The van der Waals surface area contributed by atoms with Crippen LogP contribution in [0.5, 0.6) is 0 Å². The van der Waals surface area contributed by atoms with Crippen LogP contribution in [0.2, 0.25) is 0 Å². The molecule has 1 aromatic carbocycles. The summed E-state index contributed by atoms with van der Waals surface area (Å²) in [5.41, 5.74) is 2.74. The molecular formula is C19H16F4N6O3S. The standard InChI is InChI=1S/C19H16F4N6O3S/c1-29-15(25)14(16(31)28-18(29)32)9(6-24)5-13(30)27-17-26-12(7-33-17)8-2-3-11(20)10(4-8)19(21,22)23/h2-4,6-7,9,24H,5,25H2,1H3,(H,26,27,30)(H,28,31,32). The van der Waals surface area contributed by atoms with E-state index in [0.29, 0.717) is 12.1 Å². The number of carbonyl (C=O) groups excluding carboxylic acids is 1. The molecule has 2 aromatic heterocycles. The van der Waals surface area contributed by atoms with Gasteiger partial charge >= 0.3 is 11.9 Å². The maximum Gasteiger partial charge on any atom is 0.419 e. The van der Waals surface area contributed by atoms with Gasteiger partial charge in [-0.15, -0.1) is 11.3 Å². The third-order valence-electron chi connectivity index (χ3n) is 4.70. The Morgan fingerprint density at radius 3 is 2.73 bits per heavy atom. The smallest absolute Gasteiger partial charge is 0.385 e. The number of hydrogen-bond donors (Lipinski definition) is 4. The second-order valence-electron chi connectivity index (χ2n) is 6.87. The zero-order chi connectivity index (χ0) is 24.5. The fourth-order valence-corrected chi connectivity index (χ4v) is 3.73. The number of nitrogen functional groups attached to an aromatic ring is 1. The first-order valence-corrected chi connectivity index (χ1v) is 10.0. The Hall–Kier alpha value is -3.81. The van der Waals surface area contributed by atoms with Crippen molar-refractivity contribution in [2.45, 2.75) is 18.5 Å². The van der Waals surface area contributed by atoms with E-state index in [4.69, 9.17) is 11.1 Å². The van der Waals surface area contributed by atoms with Crippen LogP contribution in [0.25, 0.3) is 11.3 Å². The summed E-state index contributed by atoms with van der Waals surface area (Å²) in [6.07, 6.45) is -4.44. The Morgan fingerprint density at radius 2 is 2.09 bits per heavy atom. The summed E-state index contributed by atoms with van der Waals surface area (Å²) < 4.78 is 53.3. The van der Waals surface area contributed by atoms with Crippen molar-refractivity contribution in [3.05, 3.63) is 61.4 Å². The number of aromatic amines is 1. The number of nitrogens with zero attached hydrogens (tertiary/aromatic N) is 2. The minimum Gasteiger partial charge on any atom is -0.385 e. The van der Waals surface area contributed by atoms with Gasteiger partial charge < -0.3 is 16.5 Å². The van der Waals surface area contributed by atoms with Crippen LogP contribution in [-0.4, -0.2) is 26.7 Å². The number of benzene rings is 1. The number of aromatic nitrogens is 3. The fourth-order valence-electron chi connectivity index (χ4n) is 2.99. The molecule has 0 bridgehead atoms. The van der Waals surface area contributed by atoms with Crippen molar-refractivity contribution >= 4 is 34.4 Å². The summed E-state index contributed by atoms with van der Waals surface area (Å²) in [5, 5.41) is 11.4. The van der Waals surface area contributed by atoms with Crippen molar-refractivity contribution in [3.8, 4) is 11.3 Å². The summed E-state index contributed by atoms with van der Waals surface area (Å²) in [6, 6.07) is 2.43. The van der Waals surface area contributed by atoms with Gasteiger partial charge in [0.2, 0.25) is 5.91 Å². The molecule has 0 aliphatic carbocycles. The van der Waals surface area contributed by atoms with Crippen LogP contribution < -0.4 is 22.3 Å². The predicted molar refractivity (Wildman–Crippen MR) is 114 cm³/mol. The maximum atomic E-state index is 13.5. The topological polar surface area (TPSA) is 147 Å². The molecule has 174 valence electrons. The van der Waals surface area contributed by atoms with E-state index >= 15 is 0 Å². The molecule has 0 aliphatic heterocycles. The number of anilines is 2. The molecule has 3 aromatic rings. The molecule has 3 rings (SSSR count). The third kappa shape index (κ3) is 5.00. The molecule has 0 fully saturated rings. The third-order valence-corrected chi connectivity index (χ3v) is 5.46. The van der Waals surface area contributed by atoms with Gasteiger partial charge in [0.05, 0.1) is 16.8 Å². The summed E-state index contributed by atoms with van der Waals surface area (Å²) in [6.45, 7) is 0. The highest BCUT2D eigenvalue weighted by atomic mass is 32.1. The van der Waals surface area contributed by atoms with Gasteiger partial charge in [-0.05, 0) is 18.2 Å². The zero-order valence-electron chi connectivity index (χ0n) is 16.8. The average Bonchev–Trinajstić information content (AvgIpc) is 3.19. The Labute approximate surface area is 186 Å². The van der Waals surface area contributed by atoms with Gasteiger partial charge in [-0.1, -0.05) is 0 Å². The molecular weight excluding hydrogens is 468 g/mol. The fraction of sp³-hybridized carbons (Fsp3) is 0.211. The lowest BCUT2D eigenvalue weighted by Crippen LogP contribution is -2.35. The molecule has 1 atom stereocenters. The molecule has 0 radical (unpaired) electrons. The number of nitrogens with two attached hydrogens (primary N) is 1. The normalized spacial score (nSPS) is 12.4. The molecule has 1 unspecified atom stereocenters. The number of amides is 1. The van der Waals surface area contributed by atoms with Crippen molar-refractivity contribution < 1.29 is 22.4 Å². The van der Waals surface area contributed by atoms with Gasteiger partial charge in [0.25, 0.3) is 5.56 Å². The first-order chi connectivity index (χ1) is 15.4. The van der Waals surface area contributed by atoms with E-state index < -0.39 is 47.1 Å². The van der Waals surface area contributed by atoms with Crippen LogP contribution in [0, 0.1) is 11.2 Å². The molecule has 5 N–H and O–H groups in total. The van der Waals surface area contributed by atoms with Gasteiger partial charge in [0.1, 0.15) is 11.6 Å². The lowest BCUT2D eigenvalue weighted by molar-refractivity contribution is -0.140. The molecule has 2 heterocycles. The summed E-state index contributed by atoms with van der Waals surface area (Å²) >= 11 is 0.918. The number of thiazole rings is 1. The minimum absolute atomic E-state index is 0.00218. The first kappa shape index (κ1) is 23.8. The Balaban J connectivity index is 1.79. The average molecular weight is 484 g/mol. The van der Waals surface area contributed by atoms with E-state index in [9.17, 15) is 31.9 Å². The van der Waals surface area contributed by atoms with E-state index in [-0.39, 0.29) is 27.8 Å². The van der Waals surface area contributed by atoms with Gasteiger partial charge in [-0.2, -0.15) is 13.2 Å². The van der Waals surface area contributed by atoms with Crippen molar-refractivity contribution in [1.29, 1.82) is 5.41 Å². The van der Waals surface area contributed by atoms with Crippen LogP contribution in [0.1, 0.15) is 23.5 Å². The zero-order valence-corrected chi connectivity index (χ0v) is 17.6. The Bertz CT molecular complexity index is 1340. The maximum absolute atomic E-state index is 13.5.